The van der Waals surface area contributed by atoms with E-state index in [2.05, 4.69) is 46.2 Å². The van der Waals surface area contributed by atoms with E-state index in [0.717, 1.165) is 24.3 Å². The van der Waals surface area contributed by atoms with Crippen LogP contribution in [-0.2, 0) is 13.0 Å². The molecule has 0 aliphatic heterocycles. The second-order valence-electron chi connectivity index (χ2n) is 3.42. The molecule has 0 spiro atoms. The van der Waals surface area contributed by atoms with Crippen LogP contribution >= 0.6 is 0 Å². The van der Waals surface area contributed by atoms with Gasteiger partial charge in [0.15, 0.2) is 0 Å². The first kappa shape index (κ1) is 9.21. The first-order valence-electron chi connectivity index (χ1n) is 4.94. The normalized spacial score (nSPS) is 11.0. The summed E-state index contributed by atoms with van der Waals surface area (Å²) in [5, 5.41) is 3.13. The molecule has 3 heteroatoms. The smallest absolute Gasteiger partial charge is 0.137 e. The molecule has 74 valence electrons. The van der Waals surface area contributed by atoms with E-state index in [0.29, 0.717) is 0 Å². The van der Waals surface area contributed by atoms with Gasteiger partial charge in [-0.05, 0) is 31.2 Å². The van der Waals surface area contributed by atoms with Crippen molar-refractivity contribution in [1.82, 2.24) is 14.7 Å². The summed E-state index contributed by atoms with van der Waals surface area (Å²) in [5.41, 5.74) is 3.45. The molecule has 0 atom stereocenters. The van der Waals surface area contributed by atoms with Crippen molar-refractivity contribution in [2.75, 3.05) is 7.05 Å². The minimum absolute atomic E-state index is 0.894. The highest BCUT2D eigenvalue weighted by atomic mass is 15.0. The van der Waals surface area contributed by atoms with Gasteiger partial charge in [-0.3, -0.25) is 0 Å². The average molecular weight is 189 g/mol. The highest BCUT2D eigenvalue weighted by Crippen LogP contribution is 2.08. The molecule has 2 aromatic heterocycles. The van der Waals surface area contributed by atoms with Crippen LogP contribution in [0.4, 0.5) is 0 Å². The van der Waals surface area contributed by atoms with Crippen LogP contribution in [0.15, 0.2) is 24.5 Å². The lowest BCUT2D eigenvalue weighted by atomic mass is 10.2. The largest absolute Gasteiger partial charge is 0.316 e. The zero-order valence-electron chi connectivity index (χ0n) is 8.62. The van der Waals surface area contributed by atoms with E-state index >= 15 is 0 Å². The first-order valence-corrected chi connectivity index (χ1v) is 4.94. The maximum atomic E-state index is 4.51. The average Bonchev–Trinajstić information content (AvgIpc) is 2.60. The van der Waals surface area contributed by atoms with E-state index in [9.17, 15) is 0 Å². The van der Waals surface area contributed by atoms with Crippen LogP contribution in [0.5, 0.6) is 0 Å². The number of hydrogen-bond donors (Lipinski definition) is 1. The number of nitrogens with zero attached hydrogens (tertiary/aromatic N) is 2. The Morgan fingerprint density at radius 3 is 3.07 bits per heavy atom. The summed E-state index contributed by atoms with van der Waals surface area (Å²) >= 11 is 0. The molecule has 0 aromatic carbocycles. The molecular weight excluding hydrogens is 174 g/mol. The molecule has 0 amide bonds. The van der Waals surface area contributed by atoms with Gasteiger partial charge in [0.05, 0.1) is 5.69 Å². The third kappa shape index (κ3) is 1.63. The Kier molecular flexibility index (Phi) is 2.50. The number of aromatic nitrogens is 2. The topological polar surface area (TPSA) is 29.3 Å². The SMILES string of the molecule is CCc1cn2ccc(CNC)cc2n1. The molecule has 2 aromatic rings. The molecule has 2 rings (SSSR count). The Hall–Kier alpha value is -1.35. The third-order valence-electron chi connectivity index (χ3n) is 2.32. The molecule has 0 saturated heterocycles. The Labute approximate surface area is 83.8 Å². The Morgan fingerprint density at radius 1 is 1.50 bits per heavy atom. The summed E-state index contributed by atoms with van der Waals surface area (Å²) in [6.45, 7) is 3.01. The predicted octanol–water partition coefficient (Wildman–Crippen LogP) is 1.62. The fourth-order valence-corrected chi connectivity index (χ4v) is 1.56. The summed E-state index contributed by atoms with van der Waals surface area (Å²) < 4.78 is 2.07. The monoisotopic (exact) mass is 189 g/mol. The van der Waals surface area contributed by atoms with Gasteiger partial charge in [0.1, 0.15) is 5.65 Å². The molecule has 0 fully saturated rings. The molecule has 14 heavy (non-hydrogen) atoms. The van der Waals surface area contributed by atoms with E-state index in [1.807, 2.05) is 7.05 Å². The van der Waals surface area contributed by atoms with Gasteiger partial charge in [-0.15, -0.1) is 0 Å². The number of nitrogens with one attached hydrogen (secondary N) is 1. The van der Waals surface area contributed by atoms with Crippen LogP contribution < -0.4 is 5.32 Å². The fraction of sp³-hybridized carbons (Fsp3) is 0.364. The van der Waals surface area contributed by atoms with E-state index in [1.165, 1.54) is 5.56 Å². The van der Waals surface area contributed by atoms with Crippen molar-refractivity contribution >= 4 is 5.65 Å². The molecule has 0 aliphatic rings. The van der Waals surface area contributed by atoms with Gasteiger partial charge in [-0.2, -0.15) is 0 Å². The third-order valence-corrected chi connectivity index (χ3v) is 2.32. The van der Waals surface area contributed by atoms with Gasteiger partial charge >= 0.3 is 0 Å². The van der Waals surface area contributed by atoms with Crippen LogP contribution in [0.25, 0.3) is 5.65 Å². The standard InChI is InChI=1S/C11H15N3/c1-3-10-8-14-5-4-9(7-12-2)6-11(14)13-10/h4-6,8,12H,3,7H2,1-2H3. The highest BCUT2D eigenvalue weighted by Gasteiger charge is 2.00. The lowest BCUT2D eigenvalue weighted by Gasteiger charge is -1.99. The molecule has 3 nitrogen and oxygen atoms in total. The van der Waals surface area contributed by atoms with Gasteiger partial charge in [-0.1, -0.05) is 6.92 Å². The highest BCUT2D eigenvalue weighted by molar-refractivity contribution is 5.42. The molecule has 2 heterocycles. The molecule has 0 radical (unpaired) electrons. The fourth-order valence-electron chi connectivity index (χ4n) is 1.56. The molecule has 0 bridgehead atoms. The van der Waals surface area contributed by atoms with Crippen molar-refractivity contribution in [3.8, 4) is 0 Å². The summed E-state index contributed by atoms with van der Waals surface area (Å²) in [7, 11) is 1.95. The maximum Gasteiger partial charge on any atom is 0.137 e. The van der Waals surface area contributed by atoms with Crippen LogP contribution in [0.3, 0.4) is 0 Å². The maximum absolute atomic E-state index is 4.51. The van der Waals surface area contributed by atoms with Crippen molar-refractivity contribution in [2.24, 2.45) is 0 Å². The number of rotatable bonds is 3. The second kappa shape index (κ2) is 3.80. The quantitative estimate of drug-likeness (QED) is 0.795. The minimum atomic E-state index is 0.894. The van der Waals surface area contributed by atoms with Gasteiger partial charge < -0.3 is 9.72 Å². The summed E-state index contributed by atoms with van der Waals surface area (Å²) in [6.07, 6.45) is 5.13. The Balaban J connectivity index is 2.43. The van der Waals surface area contributed by atoms with Crippen LogP contribution in [0.1, 0.15) is 18.2 Å². The van der Waals surface area contributed by atoms with Gasteiger partial charge in [-0.25, -0.2) is 4.98 Å². The summed E-state index contributed by atoms with van der Waals surface area (Å²) in [4.78, 5) is 4.51. The van der Waals surface area contributed by atoms with Crippen molar-refractivity contribution in [3.63, 3.8) is 0 Å². The van der Waals surface area contributed by atoms with Gasteiger partial charge in [0.2, 0.25) is 0 Å². The molecule has 0 saturated carbocycles. The molecule has 1 N–H and O–H groups in total. The van der Waals surface area contributed by atoms with E-state index in [-0.39, 0.29) is 0 Å². The summed E-state index contributed by atoms with van der Waals surface area (Å²) in [6, 6.07) is 4.24. The first-order chi connectivity index (χ1) is 6.83. The Bertz CT molecular complexity index is 431. The van der Waals surface area contributed by atoms with Gasteiger partial charge in [0, 0.05) is 18.9 Å². The van der Waals surface area contributed by atoms with Crippen LogP contribution in [0.2, 0.25) is 0 Å². The number of imidazole rings is 1. The zero-order chi connectivity index (χ0) is 9.97. The molecule has 0 unspecified atom stereocenters. The minimum Gasteiger partial charge on any atom is -0.316 e. The van der Waals surface area contributed by atoms with Crippen molar-refractivity contribution in [2.45, 2.75) is 19.9 Å². The zero-order valence-corrected chi connectivity index (χ0v) is 8.62. The number of aryl methyl sites for hydroxylation is 1. The summed E-state index contributed by atoms with van der Waals surface area (Å²) in [5.74, 6) is 0. The predicted molar refractivity (Wildman–Crippen MR) is 57.3 cm³/mol. The van der Waals surface area contributed by atoms with Crippen molar-refractivity contribution < 1.29 is 0 Å². The van der Waals surface area contributed by atoms with Gasteiger partial charge in [0.25, 0.3) is 0 Å². The number of fused-ring (bicyclic) bond motifs is 1. The number of hydrogen-bond acceptors (Lipinski definition) is 2. The van der Waals surface area contributed by atoms with E-state index in [4.69, 9.17) is 0 Å². The Morgan fingerprint density at radius 2 is 2.36 bits per heavy atom. The number of pyridine rings is 1. The second-order valence-corrected chi connectivity index (χ2v) is 3.42. The molecule has 0 aliphatic carbocycles. The van der Waals surface area contributed by atoms with E-state index in [1.54, 1.807) is 0 Å². The van der Waals surface area contributed by atoms with Crippen molar-refractivity contribution in [1.29, 1.82) is 0 Å². The lowest BCUT2D eigenvalue weighted by Crippen LogP contribution is -2.05. The lowest BCUT2D eigenvalue weighted by molar-refractivity contribution is 0.816. The van der Waals surface area contributed by atoms with Crippen LogP contribution in [0, 0.1) is 0 Å². The van der Waals surface area contributed by atoms with E-state index < -0.39 is 0 Å². The molecular formula is C11H15N3. The van der Waals surface area contributed by atoms with Crippen LogP contribution in [-0.4, -0.2) is 16.4 Å². The van der Waals surface area contributed by atoms with Crippen molar-refractivity contribution in [3.05, 3.63) is 35.8 Å².